The lowest BCUT2D eigenvalue weighted by atomic mass is 9.83. The molecule has 0 saturated carbocycles. The van der Waals surface area contributed by atoms with Crippen LogP contribution in [0.5, 0.6) is 0 Å². The van der Waals surface area contributed by atoms with Crippen molar-refractivity contribution in [2.45, 2.75) is 44.4 Å². The molecule has 3 aromatic rings. The third-order valence-corrected chi connectivity index (χ3v) is 7.55. The van der Waals surface area contributed by atoms with E-state index in [0.29, 0.717) is 31.5 Å². The number of nitrogens with one attached hydrogen (secondary N) is 1. The number of likely N-dealkylation sites (tertiary alicyclic amines) is 2. The molecule has 2 aliphatic heterocycles. The van der Waals surface area contributed by atoms with Gasteiger partial charge in [0, 0.05) is 31.9 Å². The van der Waals surface area contributed by atoms with Crippen LogP contribution in [0.4, 0.5) is 10.5 Å². The first-order chi connectivity index (χ1) is 18.0. The van der Waals surface area contributed by atoms with Gasteiger partial charge in [0.15, 0.2) is 6.10 Å². The molecule has 2 unspecified atom stereocenters. The number of anilines is 1. The normalized spacial score (nSPS) is 21.8. The summed E-state index contributed by atoms with van der Waals surface area (Å²) < 4.78 is 5.64. The maximum Gasteiger partial charge on any atom is 0.412 e. The van der Waals surface area contributed by atoms with Crippen molar-refractivity contribution >= 4 is 28.5 Å². The van der Waals surface area contributed by atoms with Gasteiger partial charge < -0.3 is 9.64 Å². The maximum absolute atomic E-state index is 13.5. The second-order valence-electron chi connectivity index (χ2n) is 10.3. The van der Waals surface area contributed by atoms with E-state index in [4.69, 9.17) is 4.74 Å². The van der Waals surface area contributed by atoms with E-state index in [-0.39, 0.29) is 11.8 Å². The summed E-state index contributed by atoms with van der Waals surface area (Å²) in [7, 11) is 0. The molecule has 2 heterocycles. The Morgan fingerprint density at radius 3 is 2.49 bits per heavy atom. The number of rotatable bonds is 5. The van der Waals surface area contributed by atoms with Crippen molar-refractivity contribution in [3.63, 3.8) is 0 Å². The molecule has 1 N–H and O–H groups in total. The average Bonchev–Trinajstić information content (AvgIpc) is 2.91. The number of ether oxygens (including phenoxy) is 1. The van der Waals surface area contributed by atoms with Crippen molar-refractivity contribution in [2.24, 2.45) is 5.92 Å². The SMILES string of the molecule is CC1CC(OC(=O)Nc2ccc3ccccc3c2)C(=O)N(C2(C#N)CCN(Cc3ccccc3)CC2)C1. The Morgan fingerprint density at radius 2 is 1.76 bits per heavy atom. The van der Waals surface area contributed by atoms with Crippen LogP contribution in [-0.4, -0.2) is 53.1 Å². The minimum atomic E-state index is -0.906. The molecule has 3 aromatic carbocycles. The standard InChI is InChI=1S/C30H32N4O3/c1-22-17-27(37-29(36)32-26-12-11-24-9-5-6-10-25(24)18-26)28(35)34(19-22)30(21-31)13-15-33(16-14-30)20-23-7-3-2-4-8-23/h2-12,18,22,27H,13-17,19-20H2,1H3,(H,32,36). The first kappa shape index (κ1) is 24.8. The van der Waals surface area contributed by atoms with Gasteiger partial charge in [-0.3, -0.25) is 15.0 Å². The second-order valence-corrected chi connectivity index (χ2v) is 10.3. The number of hydrogen-bond donors (Lipinski definition) is 1. The highest BCUT2D eigenvalue weighted by atomic mass is 16.6. The van der Waals surface area contributed by atoms with Crippen LogP contribution in [0.15, 0.2) is 72.8 Å². The Hall–Kier alpha value is -3.89. The predicted octanol–water partition coefficient (Wildman–Crippen LogP) is 5.18. The highest BCUT2D eigenvalue weighted by molar-refractivity contribution is 5.93. The summed E-state index contributed by atoms with van der Waals surface area (Å²) in [5.74, 6) is -0.159. The zero-order chi connectivity index (χ0) is 25.8. The quantitative estimate of drug-likeness (QED) is 0.526. The molecule has 0 spiro atoms. The van der Waals surface area contributed by atoms with Gasteiger partial charge in [0.25, 0.3) is 5.91 Å². The first-order valence-electron chi connectivity index (χ1n) is 12.9. The van der Waals surface area contributed by atoms with Crippen molar-refractivity contribution in [2.75, 3.05) is 25.0 Å². The third-order valence-electron chi connectivity index (χ3n) is 7.55. The van der Waals surface area contributed by atoms with Gasteiger partial charge in [0.1, 0.15) is 5.54 Å². The van der Waals surface area contributed by atoms with Crippen LogP contribution in [0, 0.1) is 17.2 Å². The van der Waals surface area contributed by atoms with E-state index in [9.17, 15) is 14.9 Å². The van der Waals surface area contributed by atoms with Gasteiger partial charge in [-0.05, 0) is 53.6 Å². The lowest BCUT2D eigenvalue weighted by Gasteiger charge is -2.48. The lowest BCUT2D eigenvalue weighted by molar-refractivity contribution is -0.153. The van der Waals surface area contributed by atoms with Gasteiger partial charge in [0.2, 0.25) is 0 Å². The minimum Gasteiger partial charge on any atom is -0.436 e. The highest BCUT2D eigenvalue weighted by Crippen LogP contribution is 2.34. The molecule has 2 saturated heterocycles. The summed E-state index contributed by atoms with van der Waals surface area (Å²) in [5.41, 5.74) is 0.965. The van der Waals surface area contributed by atoms with Crippen LogP contribution in [0.25, 0.3) is 10.8 Å². The number of carbonyl (C=O) groups is 2. The number of carbonyl (C=O) groups excluding carboxylic acids is 2. The number of piperidine rings is 2. The maximum atomic E-state index is 13.5. The fraction of sp³-hybridized carbons (Fsp3) is 0.367. The molecular weight excluding hydrogens is 464 g/mol. The number of hydrogen-bond acceptors (Lipinski definition) is 5. The summed E-state index contributed by atoms with van der Waals surface area (Å²) in [5, 5.41) is 15.1. The van der Waals surface area contributed by atoms with E-state index in [2.05, 4.69) is 28.4 Å². The number of fused-ring (bicyclic) bond motifs is 1. The Kier molecular flexibility index (Phi) is 7.11. The van der Waals surface area contributed by atoms with Gasteiger partial charge in [-0.2, -0.15) is 5.26 Å². The van der Waals surface area contributed by atoms with E-state index < -0.39 is 17.7 Å². The van der Waals surface area contributed by atoms with Gasteiger partial charge in [-0.25, -0.2) is 4.79 Å². The first-order valence-corrected chi connectivity index (χ1v) is 12.9. The fourth-order valence-electron chi connectivity index (χ4n) is 5.51. The molecule has 2 amide bonds. The topological polar surface area (TPSA) is 85.7 Å². The Labute approximate surface area is 217 Å². The van der Waals surface area contributed by atoms with Crippen LogP contribution in [0.2, 0.25) is 0 Å². The predicted molar refractivity (Wildman–Crippen MR) is 143 cm³/mol. The highest BCUT2D eigenvalue weighted by Gasteiger charge is 2.48. The number of nitriles is 1. The van der Waals surface area contributed by atoms with Crippen LogP contribution in [0.3, 0.4) is 0 Å². The molecule has 0 bridgehead atoms. The Morgan fingerprint density at radius 1 is 1.05 bits per heavy atom. The number of amides is 2. The minimum absolute atomic E-state index is 0.115. The molecule has 0 radical (unpaired) electrons. The van der Waals surface area contributed by atoms with Crippen molar-refractivity contribution in [1.82, 2.24) is 9.80 Å². The van der Waals surface area contributed by atoms with Crippen molar-refractivity contribution in [3.8, 4) is 6.07 Å². The van der Waals surface area contributed by atoms with Crippen molar-refractivity contribution in [3.05, 3.63) is 78.4 Å². The smallest absolute Gasteiger partial charge is 0.412 e. The third kappa shape index (κ3) is 5.45. The van der Waals surface area contributed by atoms with Crippen LogP contribution < -0.4 is 5.32 Å². The Balaban J connectivity index is 1.23. The molecule has 37 heavy (non-hydrogen) atoms. The molecule has 2 atom stereocenters. The van der Waals surface area contributed by atoms with Crippen molar-refractivity contribution in [1.29, 1.82) is 5.26 Å². The molecule has 2 aliphatic rings. The molecule has 0 aromatic heterocycles. The van der Waals surface area contributed by atoms with E-state index in [1.165, 1.54) is 5.56 Å². The van der Waals surface area contributed by atoms with E-state index in [1.807, 2.05) is 67.6 Å². The largest absolute Gasteiger partial charge is 0.436 e. The van der Waals surface area contributed by atoms with E-state index >= 15 is 0 Å². The molecule has 0 aliphatic carbocycles. The van der Waals surface area contributed by atoms with Gasteiger partial charge in [-0.1, -0.05) is 67.6 Å². The van der Waals surface area contributed by atoms with E-state index in [0.717, 1.165) is 30.4 Å². The average molecular weight is 497 g/mol. The van der Waals surface area contributed by atoms with Crippen molar-refractivity contribution < 1.29 is 14.3 Å². The summed E-state index contributed by atoms with van der Waals surface area (Å²) in [6.07, 6.45) is 0.0284. The summed E-state index contributed by atoms with van der Waals surface area (Å²) >= 11 is 0. The molecule has 7 heteroatoms. The molecule has 2 fully saturated rings. The zero-order valence-electron chi connectivity index (χ0n) is 21.1. The fourth-order valence-corrected chi connectivity index (χ4v) is 5.51. The summed E-state index contributed by atoms with van der Waals surface area (Å²) in [6.45, 7) is 4.82. The van der Waals surface area contributed by atoms with Crippen LogP contribution in [0.1, 0.15) is 31.7 Å². The Bertz CT molecular complexity index is 1310. The molecule has 5 rings (SSSR count). The lowest BCUT2D eigenvalue weighted by Crippen LogP contribution is -2.62. The summed E-state index contributed by atoms with van der Waals surface area (Å²) in [6, 6.07) is 26.3. The van der Waals surface area contributed by atoms with Gasteiger partial charge in [-0.15, -0.1) is 0 Å². The van der Waals surface area contributed by atoms with Crippen LogP contribution >= 0.6 is 0 Å². The monoisotopic (exact) mass is 496 g/mol. The summed E-state index contributed by atoms with van der Waals surface area (Å²) in [4.78, 5) is 30.3. The number of benzene rings is 3. The second kappa shape index (κ2) is 10.6. The van der Waals surface area contributed by atoms with Crippen LogP contribution in [-0.2, 0) is 16.1 Å². The van der Waals surface area contributed by atoms with Gasteiger partial charge >= 0.3 is 6.09 Å². The van der Waals surface area contributed by atoms with E-state index in [1.54, 1.807) is 4.90 Å². The molecule has 190 valence electrons. The van der Waals surface area contributed by atoms with Gasteiger partial charge in [0.05, 0.1) is 6.07 Å². The molecule has 7 nitrogen and oxygen atoms in total. The zero-order valence-corrected chi connectivity index (χ0v) is 21.1. The number of nitrogens with zero attached hydrogens (tertiary/aromatic N) is 3. The molecular formula is C30H32N4O3.